The summed E-state index contributed by atoms with van der Waals surface area (Å²) < 4.78 is 27.6. The molecule has 1 atom stereocenters. The third-order valence-corrected chi connectivity index (χ3v) is 7.77. The summed E-state index contributed by atoms with van der Waals surface area (Å²) in [6.45, 7) is 0.957. The summed E-state index contributed by atoms with van der Waals surface area (Å²) in [7, 11) is 0. The van der Waals surface area contributed by atoms with E-state index in [0.29, 0.717) is 51.7 Å². The van der Waals surface area contributed by atoms with Crippen LogP contribution < -0.4 is 16.2 Å². The third kappa shape index (κ3) is 4.13. The van der Waals surface area contributed by atoms with Crippen molar-refractivity contribution in [2.75, 3.05) is 18.0 Å². The Hall–Kier alpha value is -1.35. The van der Waals surface area contributed by atoms with Gasteiger partial charge in [0.15, 0.2) is 5.82 Å². The lowest BCUT2D eigenvalue weighted by Gasteiger charge is -2.41. The molecule has 1 aromatic heterocycles. The molecule has 2 heterocycles. The first-order valence-corrected chi connectivity index (χ1v) is 10.9. The summed E-state index contributed by atoms with van der Waals surface area (Å²) >= 11 is 13.5. The lowest BCUT2D eigenvalue weighted by Crippen LogP contribution is -2.48. The van der Waals surface area contributed by atoms with Gasteiger partial charge in [-0.25, -0.2) is 13.8 Å². The molecule has 29 heavy (non-hydrogen) atoms. The molecular formula is C19H20Cl2F2N4OS. The number of nitrogens with two attached hydrogens (primary N) is 1. The molecule has 10 heteroatoms. The zero-order valence-electron chi connectivity index (χ0n) is 15.4. The number of H-pyrrole nitrogens is 1. The standard InChI is InChI=1S/C19H20Cl2F2N4OS/c20-11-2-1-3-12(15(11)21)29-14-9-25-16(17(28)26-14)27-6-4-18(5-7-27)10-19(22,23)8-13(18)24/h1-3,9,13H,4-8,10,24H2,(H,26,28). The molecule has 1 saturated carbocycles. The predicted octanol–water partition coefficient (Wildman–Crippen LogP) is 4.57. The zero-order valence-corrected chi connectivity index (χ0v) is 17.8. The van der Waals surface area contributed by atoms with E-state index in [2.05, 4.69) is 9.97 Å². The average Bonchev–Trinajstić information content (AvgIpc) is 2.88. The zero-order chi connectivity index (χ0) is 20.8. The van der Waals surface area contributed by atoms with Crippen LogP contribution in [0.2, 0.25) is 10.0 Å². The number of alkyl halides is 2. The number of benzene rings is 1. The quantitative estimate of drug-likeness (QED) is 0.701. The minimum Gasteiger partial charge on any atom is -0.352 e. The van der Waals surface area contributed by atoms with E-state index in [4.69, 9.17) is 28.9 Å². The van der Waals surface area contributed by atoms with Gasteiger partial charge in [0.1, 0.15) is 0 Å². The molecule has 1 aliphatic carbocycles. The molecule has 4 rings (SSSR count). The van der Waals surface area contributed by atoms with Crippen LogP contribution >= 0.6 is 35.0 Å². The number of rotatable bonds is 3. The van der Waals surface area contributed by atoms with Crippen molar-refractivity contribution in [3.8, 4) is 0 Å². The van der Waals surface area contributed by atoms with Gasteiger partial charge in [0, 0.05) is 36.9 Å². The third-order valence-electron chi connectivity index (χ3n) is 5.85. The Morgan fingerprint density at radius 1 is 1.28 bits per heavy atom. The molecular weight excluding hydrogens is 441 g/mol. The van der Waals surface area contributed by atoms with Crippen molar-refractivity contribution in [2.45, 2.75) is 47.6 Å². The van der Waals surface area contributed by atoms with E-state index in [-0.39, 0.29) is 18.4 Å². The van der Waals surface area contributed by atoms with Crippen LogP contribution in [0.5, 0.6) is 0 Å². The van der Waals surface area contributed by atoms with Crippen molar-refractivity contribution in [2.24, 2.45) is 11.1 Å². The lowest BCUT2D eigenvalue weighted by atomic mass is 9.74. The lowest BCUT2D eigenvalue weighted by molar-refractivity contribution is -0.00684. The summed E-state index contributed by atoms with van der Waals surface area (Å²) in [6, 6.07) is 4.76. The maximum absolute atomic E-state index is 13.8. The minimum absolute atomic E-state index is 0.172. The van der Waals surface area contributed by atoms with Crippen LogP contribution in [0.4, 0.5) is 14.6 Å². The van der Waals surface area contributed by atoms with Gasteiger partial charge in [0.05, 0.1) is 21.3 Å². The van der Waals surface area contributed by atoms with Crippen molar-refractivity contribution >= 4 is 40.8 Å². The van der Waals surface area contributed by atoms with Crippen LogP contribution in [-0.4, -0.2) is 35.0 Å². The van der Waals surface area contributed by atoms with Gasteiger partial charge >= 0.3 is 0 Å². The van der Waals surface area contributed by atoms with Crippen LogP contribution in [-0.2, 0) is 0 Å². The van der Waals surface area contributed by atoms with Gasteiger partial charge in [-0.1, -0.05) is 41.0 Å². The fourth-order valence-electron chi connectivity index (χ4n) is 4.30. The predicted molar refractivity (Wildman–Crippen MR) is 111 cm³/mol. The Kier molecular flexibility index (Phi) is 5.57. The van der Waals surface area contributed by atoms with E-state index in [9.17, 15) is 13.6 Å². The molecule has 2 fully saturated rings. The van der Waals surface area contributed by atoms with Crippen molar-refractivity contribution in [1.29, 1.82) is 0 Å². The molecule has 1 aromatic carbocycles. The van der Waals surface area contributed by atoms with E-state index in [1.165, 1.54) is 11.8 Å². The van der Waals surface area contributed by atoms with Gasteiger partial charge in [-0.2, -0.15) is 0 Å². The molecule has 1 aliphatic heterocycles. The highest BCUT2D eigenvalue weighted by atomic mass is 35.5. The molecule has 1 saturated heterocycles. The number of hydrogen-bond donors (Lipinski definition) is 2. The Balaban J connectivity index is 1.47. The van der Waals surface area contributed by atoms with Crippen LogP contribution in [0.1, 0.15) is 25.7 Å². The number of nitrogens with one attached hydrogen (secondary N) is 1. The number of halogens is 4. The molecule has 156 valence electrons. The number of hydrogen-bond acceptors (Lipinski definition) is 5. The Labute approximate surface area is 181 Å². The summed E-state index contributed by atoms with van der Waals surface area (Å²) in [6.07, 6.45) is 2.19. The Morgan fingerprint density at radius 3 is 2.62 bits per heavy atom. The van der Waals surface area contributed by atoms with Gasteiger partial charge in [-0.05, 0) is 30.4 Å². The molecule has 1 spiro atoms. The highest BCUT2D eigenvalue weighted by Gasteiger charge is 2.55. The number of aromatic amines is 1. The topological polar surface area (TPSA) is 75.0 Å². The highest BCUT2D eigenvalue weighted by Crippen LogP contribution is 2.52. The SMILES string of the molecule is NC1CC(F)(F)CC12CCN(c1ncc(Sc3cccc(Cl)c3Cl)[nH]c1=O)CC2. The average molecular weight is 461 g/mol. The van der Waals surface area contributed by atoms with Crippen LogP contribution in [0.25, 0.3) is 0 Å². The number of anilines is 1. The number of piperidine rings is 1. The summed E-state index contributed by atoms with van der Waals surface area (Å²) in [4.78, 5) is 22.3. The fraction of sp³-hybridized carbons (Fsp3) is 0.474. The van der Waals surface area contributed by atoms with E-state index in [1.807, 2.05) is 4.90 Å². The first kappa shape index (κ1) is 20.9. The molecule has 2 aliphatic rings. The Morgan fingerprint density at radius 2 is 2.00 bits per heavy atom. The molecule has 2 aromatic rings. The van der Waals surface area contributed by atoms with Crippen molar-refractivity contribution in [3.05, 3.63) is 44.8 Å². The molecule has 0 radical (unpaired) electrons. The highest BCUT2D eigenvalue weighted by molar-refractivity contribution is 7.99. The van der Waals surface area contributed by atoms with E-state index < -0.39 is 17.4 Å². The van der Waals surface area contributed by atoms with Crippen LogP contribution in [0.3, 0.4) is 0 Å². The Bertz CT molecular complexity index is 979. The maximum atomic E-state index is 13.8. The normalized spacial score (nSPS) is 22.9. The first-order chi connectivity index (χ1) is 13.7. The van der Waals surface area contributed by atoms with Crippen LogP contribution in [0.15, 0.2) is 39.1 Å². The summed E-state index contributed by atoms with van der Waals surface area (Å²) in [5, 5.41) is 1.38. The second-order valence-electron chi connectivity index (χ2n) is 7.75. The summed E-state index contributed by atoms with van der Waals surface area (Å²) in [5.41, 5.74) is 5.17. The van der Waals surface area contributed by atoms with Gasteiger partial charge in [0.2, 0.25) is 5.92 Å². The van der Waals surface area contributed by atoms with Crippen molar-refractivity contribution in [1.82, 2.24) is 9.97 Å². The second kappa shape index (κ2) is 7.72. The first-order valence-electron chi connectivity index (χ1n) is 9.29. The van der Waals surface area contributed by atoms with Crippen molar-refractivity contribution < 1.29 is 8.78 Å². The van der Waals surface area contributed by atoms with Crippen molar-refractivity contribution in [3.63, 3.8) is 0 Å². The smallest absolute Gasteiger partial charge is 0.291 e. The monoisotopic (exact) mass is 460 g/mol. The largest absolute Gasteiger partial charge is 0.352 e. The van der Waals surface area contributed by atoms with Gasteiger partial charge in [-0.15, -0.1) is 0 Å². The molecule has 0 amide bonds. The van der Waals surface area contributed by atoms with E-state index in [0.717, 1.165) is 0 Å². The fourth-order valence-corrected chi connectivity index (χ4v) is 5.61. The molecule has 1 unspecified atom stereocenters. The van der Waals surface area contributed by atoms with Gasteiger partial charge in [0.25, 0.3) is 5.56 Å². The summed E-state index contributed by atoms with van der Waals surface area (Å²) in [5.74, 6) is -2.41. The second-order valence-corrected chi connectivity index (χ2v) is 9.62. The number of nitrogens with zero attached hydrogens (tertiary/aromatic N) is 2. The van der Waals surface area contributed by atoms with E-state index in [1.54, 1.807) is 24.4 Å². The minimum atomic E-state index is -2.70. The van der Waals surface area contributed by atoms with Gasteiger partial charge in [-0.3, -0.25) is 4.79 Å². The van der Waals surface area contributed by atoms with Gasteiger partial charge < -0.3 is 15.6 Å². The molecule has 3 N–H and O–H groups in total. The number of aromatic nitrogens is 2. The maximum Gasteiger partial charge on any atom is 0.291 e. The van der Waals surface area contributed by atoms with E-state index >= 15 is 0 Å². The molecule has 5 nitrogen and oxygen atoms in total. The molecule has 0 bridgehead atoms. The van der Waals surface area contributed by atoms with Crippen LogP contribution in [0, 0.1) is 5.41 Å².